The number of hydrogen-bond acceptors (Lipinski definition) is 17. The maximum absolute atomic E-state index is 15.3. The zero-order chi connectivity index (χ0) is 48.9. The molecular formula is C49H56N4O13S2. The number of carbonyl (C=O) groups is 4. The number of fused-ring (bicyclic) bond motifs is 4. The average Bonchev–Trinajstić information content (AvgIpc) is 3.67. The Bertz CT molecular complexity index is 2640. The molecule has 0 saturated carbocycles. The topological polar surface area (TPSA) is 237 Å². The number of alkyl carbamates (subject to hydrolysis) is 1. The fourth-order valence-corrected chi connectivity index (χ4v) is 10.7. The molecule has 4 aliphatic rings. The number of ether oxygens (including phenoxy) is 6. The average molecular weight is 973 g/mol. The number of phenolic OH excluding ortho intramolecular Hbond substituents is 1. The Labute approximate surface area is 402 Å². The smallest absolute Gasteiger partial charge is 0.411 e. The van der Waals surface area contributed by atoms with Crippen LogP contribution in [0.1, 0.15) is 57.9 Å². The first-order valence-corrected chi connectivity index (χ1v) is 24.5. The summed E-state index contributed by atoms with van der Waals surface area (Å²) in [5.74, 6) is 9.57. The van der Waals surface area contributed by atoms with Crippen molar-refractivity contribution in [3.63, 3.8) is 0 Å². The van der Waals surface area contributed by atoms with Crippen LogP contribution in [0.2, 0.25) is 0 Å². The van der Waals surface area contributed by atoms with Crippen LogP contribution in [0.25, 0.3) is 21.8 Å². The van der Waals surface area contributed by atoms with Crippen LogP contribution in [0.5, 0.6) is 5.75 Å². The van der Waals surface area contributed by atoms with Crippen LogP contribution in [-0.4, -0.2) is 146 Å². The minimum absolute atomic E-state index is 0.00302. The number of methoxy groups -OCH3 is 1. The Morgan fingerprint density at radius 2 is 1.91 bits per heavy atom. The third-order valence-corrected chi connectivity index (χ3v) is 14.4. The van der Waals surface area contributed by atoms with Gasteiger partial charge in [0.25, 0.3) is 0 Å². The van der Waals surface area contributed by atoms with Gasteiger partial charge in [0.05, 0.1) is 54.7 Å². The molecule has 11 atom stereocenters. The second-order valence-electron chi connectivity index (χ2n) is 16.9. The number of aliphatic hydroxyl groups excluding tert-OH is 2. The number of H-pyrrole nitrogens is 1. The zero-order valence-electron chi connectivity index (χ0n) is 38.7. The first-order chi connectivity index (χ1) is 32.6. The largest absolute Gasteiger partial charge is 0.508 e. The number of hydrogen-bond donors (Lipinski definition) is 6. The van der Waals surface area contributed by atoms with Crippen LogP contribution in [-0.2, 0) is 38.0 Å². The second-order valence-corrected chi connectivity index (χ2v) is 19.1. The Kier molecular flexibility index (Phi) is 16.6. The summed E-state index contributed by atoms with van der Waals surface area (Å²) in [7, 11) is 1.58. The number of thioether (sulfide) groups is 2. The fourth-order valence-electron chi connectivity index (χ4n) is 9.12. The number of allylic oxidation sites excluding steroid dienone is 3. The third-order valence-electron chi connectivity index (χ3n) is 12.2. The molecule has 0 spiro atoms. The van der Waals surface area contributed by atoms with Crippen molar-refractivity contribution in [3.8, 4) is 29.4 Å². The van der Waals surface area contributed by atoms with Gasteiger partial charge in [-0.25, -0.2) is 4.79 Å². The van der Waals surface area contributed by atoms with Gasteiger partial charge >= 0.3 is 6.09 Å². The van der Waals surface area contributed by atoms with E-state index >= 15 is 4.79 Å². The van der Waals surface area contributed by atoms with Gasteiger partial charge in [-0.05, 0) is 62.1 Å². The highest BCUT2D eigenvalue weighted by molar-refractivity contribution is 8.13. The minimum atomic E-state index is -1.80. The Morgan fingerprint density at radius 1 is 1.13 bits per heavy atom. The van der Waals surface area contributed by atoms with Gasteiger partial charge in [-0.3, -0.25) is 24.7 Å². The number of phenols is 1. The van der Waals surface area contributed by atoms with Crippen molar-refractivity contribution in [1.29, 1.82) is 0 Å². The molecule has 9 unspecified atom stereocenters. The predicted octanol–water partition coefficient (Wildman–Crippen LogP) is 4.44. The molecule has 2 aliphatic carbocycles. The molecule has 2 aromatic heterocycles. The van der Waals surface area contributed by atoms with Crippen molar-refractivity contribution in [2.75, 3.05) is 32.3 Å². The molecule has 68 heavy (non-hydrogen) atoms. The number of nitrogens with one attached hydrogen (secondary N) is 3. The van der Waals surface area contributed by atoms with Crippen LogP contribution >= 0.6 is 23.5 Å². The van der Waals surface area contributed by atoms with E-state index in [0.29, 0.717) is 21.8 Å². The first kappa shape index (κ1) is 50.8. The van der Waals surface area contributed by atoms with Crippen LogP contribution in [0.4, 0.5) is 4.79 Å². The molecule has 2 saturated heterocycles. The second kappa shape index (κ2) is 22.2. The lowest BCUT2D eigenvalue weighted by molar-refractivity contribution is -0.326. The van der Waals surface area contributed by atoms with E-state index < -0.39 is 77.8 Å². The van der Waals surface area contributed by atoms with Gasteiger partial charge in [-0.15, -0.1) is 11.8 Å². The van der Waals surface area contributed by atoms with Gasteiger partial charge in [0.1, 0.15) is 34.5 Å². The number of aromatic amines is 1. The van der Waals surface area contributed by atoms with E-state index in [1.165, 1.54) is 31.3 Å². The summed E-state index contributed by atoms with van der Waals surface area (Å²) in [6, 6.07) is 6.45. The van der Waals surface area contributed by atoms with E-state index in [1.54, 1.807) is 51.5 Å². The number of pyridine rings is 1. The van der Waals surface area contributed by atoms with E-state index in [2.05, 4.69) is 44.3 Å². The number of Topliss-reactive ketones (excluding diaryl/α,β-unsaturated/α-hetero) is 2. The van der Waals surface area contributed by atoms with Crippen molar-refractivity contribution in [3.05, 3.63) is 71.2 Å². The van der Waals surface area contributed by atoms with Gasteiger partial charge in [0.15, 0.2) is 23.5 Å². The Hall–Kier alpha value is -5.03. The molecule has 2 fully saturated rings. The number of rotatable bonds is 14. The van der Waals surface area contributed by atoms with Crippen molar-refractivity contribution in [2.24, 2.45) is 5.92 Å². The quantitative estimate of drug-likeness (QED) is 0.0744. The summed E-state index contributed by atoms with van der Waals surface area (Å²) in [4.78, 5) is 62.2. The number of amides is 1. The number of aromatic nitrogens is 2. The van der Waals surface area contributed by atoms with Crippen molar-refractivity contribution in [2.45, 2.75) is 113 Å². The van der Waals surface area contributed by atoms with Gasteiger partial charge in [0, 0.05) is 66.7 Å². The van der Waals surface area contributed by atoms with E-state index in [4.69, 9.17) is 28.4 Å². The molecular weight excluding hydrogens is 917 g/mol. The summed E-state index contributed by atoms with van der Waals surface area (Å²) in [6.45, 7) is 8.81. The number of carbonyl (C=O) groups excluding carboxylic acids is 4. The van der Waals surface area contributed by atoms with Gasteiger partial charge in [-0.2, -0.15) is 0 Å². The number of benzene rings is 1. The van der Waals surface area contributed by atoms with Crippen LogP contribution in [0.3, 0.4) is 0 Å². The van der Waals surface area contributed by atoms with Crippen molar-refractivity contribution in [1.82, 2.24) is 20.6 Å². The van der Waals surface area contributed by atoms with Crippen LogP contribution < -0.4 is 10.6 Å². The molecule has 0 radical (unpaired) electrons. The zero-order valence-corrected chi connectivity index (χ0v) is 40.3. The lowest BCUT2D eigenvalue weighted by Gasteiger charge is -2.51. The van der Waals surface area contributed by atoms with Crippen LogP contribution in [0, 0.1) is 29.6 Å². The number of ketones is 2. The van der Waals surface area contributed by atoms with Gasteiger partial charge in [-0.1, -0.05) is 55.4 Å². The van der Waals surface area contributed by atoms with Crippen LogP contribution in [0.15, 0.2) is 65.5 Å². The molecule has 3 aromatic rings. The molecule has 362 valence electrons. The number of aliphatic hydroxyl groups is 2. The molecule has 17 nitrogen and oxygen atoms in total. The maximum Gasteiger partial charge on any atom is 0.411 e. The van der Waals surface area contributed by atoms with Gasteiger partial charge in [0.2, 0.25) is 5.78 Å². The summed E-state index contributed by atoms with van der Waals surface area (Å²) >= 11 is 2.03. The lowest BCUT2D eigenvalue weighted by atomic mass is 9.82. The molecule has 7 rings (SSSR count). The van der Waals surface area contributed by atoms with E-state index in [1.807, 2.05) is 13.8 Å². The fraction of sp³-hybridized carbons (Fsp3) is 0.490. The molecule has 1 amide bonds. The van der Waals surface area contributed by atoms with E-state index in [9.17, 15) is 29.7 Å². The third kappa shape index (κ3) is 10.6. The Morgan fingerprint density at radius 3 is 2.63 bits per heavy atom. The first-order valence-electron chi connectivity index (χ1n) is 22.3. The highest BCUT2D eigenvalue weighted by Crippen LogP contribution is 2.46. The maximum atomic E-state index is 15.3. The SMILES string of the molecule is CCOC(=O)NC1=C2C#C/C=C\C#C[C@H](OC3OC(C)C(SC)(C(=O)c4nccc5c4[nH]c4ccc(O)cc45)C(O)C3OC3CC(OC)C(NC(C)C)CO3)C2/C(=C\CSC(C)=O)[C@@H](O)CC1=O. The Balaban J connectivity index is 1.35. The molecule has 6 N–H and O–H groups in total. The normalized spacial score (nSPS) is 30.6. The molecule has 2 aliphatic heterocycles. The van der Waals surface area contributed by atoms with E-state index in [-0.39, 0.29) is 77.0 Å². The standard InChI is InChI=1S/C49H56N4O13S2/c1-8-62-48(60)53-41-31-13-11-9-10-12-14-37(40(31)30(18-20-68-27(5)54)35(56)22-36(41)57)65-47-44(66-39-23-38(61-6)34(24-63-39)51-25(2)3)46(59)49(67-7,26(4)64-47)45(58)43-42-29(17-19-50-43)32-21-28(55)15-16-33(32)52-42/h9-10,15-19,21,25-26,34-35,37-40,44,46-47,51-52,55-56,59H,8,20,22-24H2,1-7H3,(H,53,60)/b10-9-,30-18-/t26?,34?,35-,37-,38?,39?,40?,44?,46?,47?,49?/m0/s1. The van der Waals surface area contributed by atoms with Crippen molar-refractivity contribution < 1.29 is 62.9 Å². The summed E-state index contributed by atoms with van der Waals surface area (Å²) in [5, 5.41) is 42.2. The minimum Gasteiger partial charge on any atom is -0.508 e. The predicted molar refractivity (Wildman–Crippen MR) is 255 cm³/mol. The summed E-state index contributed by atoms with van der Waals surface area (Å²) in [6.07, 6.45) is -3.61. The molecule has 4 heterocycles. The summed E-state index contributed by atoms with van der Waals surface area (Å²) < 4.78 is 35.9. The molecule has 19 heteroatoms. The van der Waals surface area contributed by atoms with Gasteiger partial charge < -0.3 is 54.0 Å². The number of aromatic hydroxyl groups is 1. The molecule has 1 aromatic carbocycles. The number of nitrogens with zero attached hydrogens (tertiary/aromatic N) is 1. The lowest BCUT2D eigenvalue weighted by Crippen LogP contribution is -2.69. The summed E-state index contributed by atoms with van der Waals surface area (Å²) in [5.41, 5.74) is 1.06. The molecule has 0 bridgehead atoms. The highest BCUT2D eigenvalue weighted by atomic mass is 32.2. The van der Waals surface area contributed by atoms with Crippen molar-refractivity contribution >= 4 is 68.1 Å². The highest BCUT2D eigenvalue weighted by Gasteiger charge is 2.61. The van der Waals surface area contributed by atoms with E-state index in [0.717, 1.165) is 23.5 Å². The monoisotopic (exact) mass is 972 g/mol.